The molecule has 0 spiro atoms. The number of hydrogen-bond acceptors (Lipinski definition) is 0. The van der Waals surface area contributed by atoms with Gasteiger partial charge in [0.25, 0.3) is 0 Å². The van der Waals surface area contributed by atoms with E-state index in [1.807, 2.05) is 25.1 Å². The van der Waals surface area contributed by atoms with Crippen molar-refractivity contribution < 1.29 is 0 Å². The van der Waals surface area contributed by atoms with Crippen molar-refractivity contribution in [2.75, 3.05) is 0 Å². The minimum absolute atomic E-state index is 0.779. The smallest absolute Gasteiger partial charge is 0.0535 e. The summed E-state index contributed by atoms with van der Waals surface area (Å²) < 4.78 is 2.20. The Hall–Kier alpha value is -1.73. The second-order valence-electron chi connectivity index (χ2n) is 4.03. The summed E-state index contributed by atoms with van der Waals surface area (Å²) in [7, 11) is 0. The Bertz CT molecular complexity index is 722. The van der Waals surface area contributed by atoms with Crippen molar-refractivity contribution >= 4 is 39.6 Å². The number of benzene rings is 2. The molecule has 0 fully saturated rings. The van der Waals surface area contributed by atoms with Gasteiger partial charge >= 0.3 is 0 Å². The molecule has 0 saturated heterocycles. The van der Waals surface area contributed by atoms with E-state index in [1.54, 1.807) is 0 Å². The Labute approximate surface area is 105 Å². The molecule has 0 N–H and O–H groups in total. The molecule has 0 bridgehead atoms. The standard InChI is InChI=1S/C15H12ClN/c1-2-9-17-14-6-4-3-5-12(14)13-10-11(16)7-8-15(13)17/h2-10H,1H3/b9-2+. The summed E-state index contributed by atoms with van der Waals surface area (Å²) >= 11 is 6.08. The highest BCUT2D eigenvalue weighted by Gasteiger charge is 2.08. The molecule has 3 aromatic rings. The van der Waals surface area contributed by atoms with Gasteiger partial charge in [-0.25, -0.2) is 0 Å². The van der Waals surface area contributed by atoms with E-state index in [-0.39, 0.29) is 0 Å². The molecule has 0 aliphatic heterocycles. The molecule has 0 unspecified atom stereocenters. The zero-order valence-electron chi connectivity index (χ0n) is 9.52. The lowest BCUT2D eigenvalue weighted by Gasteiger charge is -1.99. The van der Waals surface area contributed by atoms with E-state index in [9.17, 15) is 0 Å². The molecule has 1 aromatic heterocycles. The average Bonchev–Trinajstić information content (AvgIpc) is 2.65. The molecular weight excluding hydrogens is 230 g/mol. The lowest BCUT2D eigenvalue weighted by molar-refractivity contribution is 1.28. The molecule has 3 rings (SSSR count). The minimum atomic E-state index is 0.779. The minimum Gasteiger partial charge on any atom is -0.316 e. The van der Waals surface area contributed by atoms with Crippen molar-refractivity contribution in [1.29, 1.82) is 0 Å². The summed E-state index contributed by atoms with van der Waals surface area (Å²) in [4.78, 5) is 0. The number of nitrogens with zero attached hydrogens (tertiary/aromatic N) is 1. The van der Waals surface area contributed by atoms with Gasteiger partial charge in [0, 0.05) is 22.0 Å². The van der Waals surface area contributed by atoms with Crippen LogP contribution >= 0.6 is 11.6 Å². The molecule has 0 aliphatic rings. The Kier molecular flexibility index (Phi) is 2.41. The van der Waals surface area contributed by atoms with Crippen molar-refractivity contribution in [3.8, 4) is 0 Å². The molecule has 0 radical (unpaired) electrons. The fourth-order valence-corrected chi connectivity index (χ4v) is 2.46. The second-order valence-corrected chi connectivity index (χ2v) is 4.47. The van der Waals surface area contributed by atoms with Gasteiger partial charge in [-0.05, 0) is 31.2 Å². The maximum absolute atomic E-state index is 6.08. The Morgan fingerprint density at radius 1 is 1.00 bits per heavy atom. The summed E-state index contributed by atoms with van der Waals surface area (Å²) in [5.74, 6) is 0. The fourth-order valence-electron chi connectivity index (χ4n) is 2.28. The third kappa shape index (κ3) is 1.55. The predicted molar refractivity (Wildman–Crippen MR) is 75.5 cm³/mol. The van der Waals surface area contributed by atoms with Gasteiger partial charge in [-0.2, -0.15) is 0 Å². The lowest BCUT2D eigenvalue weighted by atomic mass is 10.2. The van der Waals surface area contributed by atoms with Crippen LogP contribution in [0.2, 0.25) is 5.02 Å². The SMILES string of the molecule is C/C=C/n1c2ccccc2c2cc(Cl)ccc21. The van der Waals surface area contributed by atoms with E-state index in [1.165, 1.54) is 21.8 Å². The number of hydrogen-bond donors (Lipinski definition) is 0. The third-order valence-electron chi connectivity index (χ3n) is 2.97. The van der Waals surface area contributed by atoms with E-state index in [0.717, 1.165) is 5.02 Å². The fraction of sp³-hybridized carbons (Fsp3) is 0.0667. The number of aromatic nitrogens is 1. The van der Waals surface area contributed by atoms with Crippen LogP contribution in [0, 0.1) is 0 Å². The summed E-state index contributed by atoms with van der Waals surface area (Å²) in [5, 5.41) is 3.22. The van der Waals surface area contributed by atoms with Gasteiger partial charge in [0.15, 0.2) is 0 Å². The summed E-state index contributed by atoms with van der Waals surface area (Å²) in [5.41, 5.74) is 2.40. The average molecular weight is 242 g/mol. The maximum Gasteiger partial charge on any atom is 0.0535 e. The first-order valence-corrected chi connectivity index (χ1v) is 6.00. The summed E-state index contributed by atoms with van der Waals surface area (Å²) in [6, 6.07) is 14.4. The van der Waals surface area contributed by atoms with Crippen LogP contribution in [0.3, 0.4) is 0 Å². The quantitative estimate of drug-likeness (QED) is 0.569. The van der Waals surface area contributed by atoms with Crippen molar-refractivity contribution in [2.24, 2.45) is 0 Å². The Morgan fingerprint density at radius 3 is 2.59 bits per heavy atom. The van der Waals surface area contributed by atoms with Crippen LogP contribution in [0.4, 0.5) is 0 Å². The van der Waals surface area contributed by atoms with E-state index in [2.05, 4.69) is 41.1 Å². The van der Waals surface area contributed by atoms with Crippen LogP contribution in [-0.4, -0.2) is 4.57 Å². The van der Waals surface area contributed by atoms with Crippen molar-refractivity contribution in [2.45, 2.75) is 6.92 Å². The van der Waals surface area contributed by atoms with Gasteiger partial charge in [-0.15, -0.1) is 0 Å². The molecule has 2 aromatic carbocycles. The van der Waals surface area contributed by atoms with Crippen LogP contribution < -0.4 is 0 Å². The molecular formula is C15H12ClN. The second kappa shape index (κ2) is 3.94. The van der Waals surface area contributed by atoms with Crippen molar-refractivity contribution in [3.05, 3.63) is 53.6 Å². The van der Waals surface area contributed by atoms with E-state index < -0.39 is 0 Å². The summed E-state index contributed by atoms with van der Waals surface area (Å²) in [6.07, 6.45) is 4.12. The Balaban J connectivity index is 2.57. The van der Waals surface area contributed by atoms with Gasteiger partial charge in [-0.3, -0.25) is 0 Å². The molecule has 0 amide bonds. The highest BCUT2D eigenvalue weighted by molar-refractivity contribution is 6.31. The van der Waals surface area contributed by atoms with Gasteiger partial charge < -0.3 is 4.57 Å². The van der Waals surface area contributed by atoms with Crippen molar-refractivity contribution in [3.63, 3.8) is 0 Å². The largest absolute Gasteiger partial charge is 0.316 e. The third-order valence-corrected chi connectivity index (χ3v) is 3.21. The zero-order chi connectivity index (χ0) is 11.8. The van der Waals surface area contributed by atoms with Crippen LogP contribution in [-0.2, 0) is 0 Å². The van der Waals surface area contributed by atoms with Crippen LogP contribution in [0.5, 0.6) is 0 Å². The van der Waals surface area contributed by atoms with Crippen LogP contribution in [0.15, 0.2) is 48.5 Å². The highest BCUT2D eigenvalue weighted by Crippen LogP contribution is 2.30. The van der Waals surface area contributed by atoms with Gasteiger partial charge in [0.2, 0.25) is 0 Å². The van der Waals surface area contributed by atoms with Gasteiger partial charge in [-0.1, -0.05) is 35.9 Å². The number of allylic oxidation sites excluding steroid dienone is 1. The van der Waals surface area contributed by atoms with E-state index >= 15 is 0 Å². The molecule has 1 nitrogen and oxygen atoms in total. The maximum atomic E-state index is 6.08. The van der Waals surface area contributed by atoms with E-state index in [0.29, 0.717) is 0 Å². The monoisotopic (exact) mass is 241 g/mol. The van der Waals surface area contributed by atoms with E-state index in [4.69, 9.17) is 11.6 Å². The van der Waals surface area contributed by atoms with Gasteiger partial charge in [0.1, 0.15) is 0 Å². The van der Waals surface area contributed by atoms with Gasteiger partial charge in [0.05, 0.1) is 11.0 Å². The first-order chi connectivity index (χ1) is 8.31. The van der Waals surface area contributed by atoms with Crippen LogP contribution in [0.1, 0.15) is 6.92 Å². The normalized spacial score (nSPS) is 11.9. The van der Waals surface area contributed by atoms with Crippen molar-refractivity contribution in [1.82, 2.24) is 4.57 Å². The number of fused-ring (bicyclic) bond motifs is 3. The Morgan fingerprint density at radius 2 is 1.76 bits per heavy atom. The molecule has 0 saturated carbocycles. The number of rotatable bonds is 1. The first kappa shape index (κ1) is 10.4. The van der Waals surface area contributed by atoms with Crippen LogP contribution in [0.25, 0.3) is 28.0 Å². The summed E-state index contributed by atoms with van der Waals surface area (Å²) in [6.45, 7) is 2.02. The first-order valence-electron chi connectivity index (χ1n) is 5.62. The number of para-hydroxylation sites is 1. The highest BCUT2D eigenvalue weighted by atomic mass is 35.5. The molecule has 84 valence electrons. The molecule has 0 atom stereocenters. The molecule has 17 heavy (non-hydrogen) atoms. The molecule has 2 heteroatoms. The predicted octanol–water partition coefficient (Wildman–Crippen LogP) is 4.94. The number of halogens is 1. The lowest BCUT2D eigenvalue weighted by Crippen LogP contribution is -1.84. The molecule has 0 aliphatic carbocycles. The zero-order valence-corrected chi connectivity index (χ0v) is 10.3. The molecule has 1 heterocycles. The topological polar surface area (TPSA) is 4.93 Å².